The number of rotatable bonds is 5. The van der Waals surface area contributed by atoms with Gasteiger partial charge in [-0.15, -0.1) is 0 Å². The van der Waals surface area contributed by atoms with Gasteiger partial charge >= 0.3 is 0 Å². The summed E-state index contributed by atoms with van der Waals surface area (Å²) in [6.07, 6.45) is 2.71. The van der Waals surface area contributed by atoms with Crippen molar-refractivity contribution in [3.8, 4) is 0 Å². The maximum atomic E-state index is 2.62. The number of hydrogen-bond donors (Lipinski definition) is 0. The number of hydrogen-bond acceptors (Lipinski definition) is 2. The second-order valence-corrected chi connectivity index (χ2v) is 6.52. The molecular formula is C16H25IN2. The fourth-order valence-corrected chi connectivity index (χ4v) is 3.26. The summed E-state index contributed by atoms with van der Waals surface area (Å²) >= 11 is 2.47. The van der Waals surface area contributed by atoms with Crippen LogP contribution in [0.3, 0.4) is 0 Å². The number of unbranched alkanes of at least 4 members (excludes halogenated alkanes) is 1. The molecule has 1 aliphatic heterocycles. The number of nitrogens with zero attached hydrogens (tertiary/aromatic N) is 2. The molecule has 0 spiro atoms. The second kappa shape index (κ2) is 7.48. The lowest BCUT2D eigenvalue weighted by molar-refractivity contribution is 0.254. The third-order valence-corrected chi connectivity index (χ3v) is 4.91. The molecule has 0 bridgehead atoms. The monoisotopic (exact) mass is 372 g/mol. The van der Waals surface area contributed by atoms with Gasteiger partial charge in [-0.1, -0.05) is 34.7 Å². The van der Waals surface area contributed by atoms with Crippen LogP contribution in [0.15, 0.2) is 18.2 Å². The third kappa shape index (κ3) is 4.09. The number of anilines is 1. The summed E-state index contributed by atoms with van der Waals surface area (Å²) in [5.41, 5.74) is 4.29. The first-order valence-corrected chi connectivity index (χ1v) is 8.84. The van der Waals surface area contributed by atoms with Gasteiger partial charge in [0.1, 0.15) is 0 Å². The Morgan fingerprint density at radius 3 is 2.47 bits per heavy atom. The van der Waals surface area contributed by atoms with Crippen molar-refractivity contribution in [1.82, 2.24) is 4.90 Å². The van der Waals surface area contributed by atoms with Crippen molar-refractivity contribution < 1.29 is 0 Å². The summed E-state index contributed by atoms with van der Waals surface area (Å²) in [5.74, 6) is 0. The van der Waals surface area contributed by atoms with Gasteiger partial charge in [0, 0.05) is 31.9 Å². The Labute approximate surface area is 131 Å². The lowest BCUT2D eigenvalue weighted by atomic mass is 10.1. The molecule has 0 N–H and O–H groups in total. The molecule has 2 nitrogen and oxygen atoms in total. The van der Waals surface area contributed by atoms with Gasteiger partial charge in [-0.25, -0.2) is 0 Å². The largest absolute Gasteiger partial charge is 0.369 e. The van der Waals surface area contributed by atoms with Gasteiger partial charge in [0.05, 0.1) is 0 Å². The SMILES string of the molecule is Cc1cccc(N2CCN(CCCCI)CC2)c1C. The predicted molar refractivity (Wildman–Crippen MR) is 92.7 cm³/mol. The summed E-state index contributed by atoms with van der Waals surface area (Å²) in [6, 6.07) is 6.66. The van der Waals surface area contributed by atoms with Crippen molar-refractivity contribution in [2.75, 3.05) is 42.1 Å². The number of aryl methyl sites for hydroxylation is 1. The van der Waals surface area contributed by atoms with Crippen LogP contribution >= 0.6 is 22.6 Å². The Morgan fingerprint density at radius 2 is 1.79 bits per heavy atom. The Balaban J connectivity index is 1.87. The molecule has 1 saturated heterocycles. The van der Waals surface area contributed by atoms with Crippen LogP contribution in [0.25, 0.3) is 0 Å². The minimum Gasteiger partial charge on any atom is -0.369 e. The Bertz CT molecular complexity index is 398. The van der Waals surface area contributed by atoms with E-state index in [1.807, 2.05) is 0 Å². The van der Waals surface area contributed by atoms with Crippen molar-refractivity contribution >= 4 is 28.3 Å². The zero-order valence-corrected chi connectivity index (χ0v) is 14.3. The van der Waals surface area contributed by atoms with Gasteiger partial charge in [0.15, 0.2) is 0 Å². The molecule has 0 radical (unpaired) electrons. The van der Waals surface area contributed by atoms with Crippen LogP contribution < -0.4 is 4.90 Å². The quantitative estimate of drug-likeness (QED) is 0.442. The molecular weight excluding hydrogens is 347 g/mol. The van der Waals surface area contributed by atoms with Crippen molar-refractivity contribution in [2.45, 2.75) is 26.7 Å². The number of alkyl halides is 1. The number of benzene rings is 1. The highest BCUT2D eigenvalue weighted by atomic mass is 127. The van der Waals surface area contributed by atoms with Gasteiger partial charge in [0.2, 0.25) is 0 Å². The Hall–Kier alpha value is -0.290. The molecule has 0 aliphatic carbocycles. The van der Waals surface area contributed by atoms with Gasteiger partial charge in [-0.05, 0) is 54.9 Å². The fourth-order valence-electron chi connectivity index (χ4n) is 2.72. The van der Waals surface area contributed by atoms with Crippen LogP contribution in [0.5, 0.6) is 0 Å². The lowest BCUT2D eigenvalue weighted by Crippen LogP contribution is -2.46. The van der Waals surface area contributed by atoms with E-state index in [0.717, 1.165) is 0 Å². The summed E-state index contributed by atoms with van der Waals surface area (Å²) in [6.45, 7) is 10.5. The van der Waals surface area contributed by atoms with E-state index in [1.165, 1.54) is 66.8 Å². The number of piperazine rings is 1. The van der Waals surface area contributed by atoms with Crippen LogP contribution in [0.4, 0.5) is 5.69 Å². The second-order valence-electron chi connectivity index (χ2n) is 5.44. The van der Waals surface area contributed by atoms with Gasteiger partial charge in [-0.2, -0.15) is 0 Å². The van der Waals surface area contributed by atoms with E-state index in [2.05, 4.69) is 64.4 Å². The summed E-state index contributed by atoms with van der Waals surface area (Å²) in [4.78, 5) is 5.17. The van der Waals surface area contributed by atoms with E-state index in [1.54, 1.807) is 0 Å². The van der Waals surface area contributed by atoms with Crippen molar-refractivity contribution in [1.29, 1.82) is 0 Å². The highest BCUT2D eigenvalue weighted by molar-refractivity contribution is 14.1. The molecule has 0 atom stereocenters. The molecule has 3 heteroatoms. The normalized spacial score (nSPS) is 16.9. The van der Waals surface area contributed by atoms with E-state index in [4.69, 9.17) is 0 Å². The van der Waals surface area contributed by atoms with E-state index in [-0.39, 0.29) is 0 Å². The summed E-state index contributed by atoms with van der Waals surface area (Å²) in [7, 11) is 0. The van der Waals surface area contributed by atoms with Gasteiger partial charge < -0.3 is 4.90 Å². The first-order valence-electron chi connectivity index (χ1n) is 7.32. The third-order valence-electron chi connectivity index (χ3n) is 4.15. The van der Waals surface area contributed by atoms with Crippen LogP contribution in [0.1, 0.15) is 24.0 Å². The molecule has 2 rings (SSSR count). The minimum atomic E-state index is 1.18. The van der Waals surface area contributed by atoms with Crippen LogP contribution in [0, 0.1) is 13.8 Å². The molecule has 1 aliphatic rings. The minimum absolute atomic E-state index is 1.18. The Kier molecular flexibility index (Phi) is 5.95. The first-order chi connectivity index (χ1) is 9.22. The van der Waals surface area contributed by atoms with Crippen molar-refractivity contribution in [3.63, 3.8) is 0 Å². The Morgan fingerprint density at radius 1 is 1.05 bits per heavy atom. The van der Waals surface area contributed by atoms with Gasteiger partial charge in [0.25, 0.3) is 0 Å². The maximum Gasteiger partial charge on any atom is 0.0399 e. The van der Waals surface area contributed by atoms with Crippen molar-refractivity contribution in [2.24, 2.45) is 0 Å². The van der Waals surface area contributed by atoms with E-state index in [9.17, 15) is 0 Å². The molecule has 0 saturated carbocycles. The molecule has 1 aromatic rings. The highest BCUT2D eigenvalue weighted by Crippen LogP contribution is 2.23. The lowest BCUT2D eigenvalue weighted by Gasteiger charge is -2.37. The molecule has 106 valence electrons. The zero-order chi connectivity index (χ0) is 13.7. The molecule has 1 aromatic carbocycles. The average Bonchev–Trinajstić information content (AvgIpc) is 2.43. The highest BCUT2D eigenvalue weighted by Gasteiger charge is 2.18. The fraction of sp³-hybridized carbons (Fsp3) is 0.625. The molecule has 0 aromatic heterocycles. The smallest absolute Gasteiger partial charge is 0.0399 e. The zero-order valence-electron chi connectivity index (χ0n) is 12.2. The standard InChI is InChI=1S/C16H25IN2/c1-14-6-5-7-16(15(14)2)19-12-10-18(11-13-19)9-4-3-8-17/h5-7H,3-4,8-13H2,1-2H3. The van der Waals surface area contributed by atoms with Crippen molar-refractivity contribution in [3.05, 3.63) is 29.3 Å². The first kappa shape index (κ1) is 15.1. The molecule has 0 unspecified atom stereocenters. The summed E-state index contributed by atoms with van der Waals surface area (Å²) < 4.78 is 1.29. The molecule has 1 fully saturated rings. The maximum absolute atomic E-state index is 2.62. The average molecular weight is 372 g/mol. The molecule has 0 amide bonds. The molecule has 1 heterocycles. The van der Waals surface area contributed by atoms with Crippen LogP contribution in [-0.2, 0) is 0 Å². The van der Waals surface area contributed by atoms with E-state index in [0.29, 0.717) is 0 Å². The van der Waals surface area contributed by atoms with Crippen LogP contribution in [0.2, 0.25) is 0 Å². The summed E-state index contributed by atoms with van der Waals surface area (Å²) in [5, 5.41) is 0. The van der Waals surface area contributed by atoms with Crippen LogP contribution in [-0.4, -0.2) is 42.1 Å². The predicted octanol–water partition coefficient (Wildman–Crippen LogP) is 3.64. The van der Waals surface area contributed by atoms with Gasteiger partial charge in [-0.3, -0.25) is 4.90 Å². The topological polar surface area (TPSA) is 6.48 Å². The molecule has 19 heavy (non-hydrogen) atoms. The number of halogens is 1. The van der Waals surface area contributed by atoms with E-state index >= 15 is 0 Å². The van der Waals surface area contributed by atoms with E-state index < -0.39 is 0 Å².